The molecule has 6 aromatic carbocycles. The molecule has 5 heteroatoms. The molecule has 0 N–H and O–H groups in total. The van der Waals surface area contributed by atoms with Crippen molar-refractivity contribution in [3.8, 4) is 17.2 Å². The Morgan fingerprint density at radius 1 is 0.464 bits per heavy atom. The molecule has 0 spiro atoms. The van der Waals surface area contributed by atoms with E-state index in [9.17, 15) is 0 Å². The first kappa shape index (κ1) is 16.3. The van der Waals surface area contributed by atoms with Crippen LogP contribution in [0.5, 0.6) is 17.2 Å². The number of hydrogen-bond acceptors (Lipinski definition) is 3. The molecule has 6 rings (SSSR count). The van der Waals surface area contributed by atoms with E-state index < -0.39 is 0 Å². The Morgan fingerprint density at radius 2 is 0.750 bits per heavy atom. The molecule has 0 saturated heterocycles. The fraction of sp³-hybridized carbons (Fsp3) is 0.130. The predicted octanol–water partition coefficient (Wildman–Crippen LogP) is 7.10. The molecule has 0 saturated carbocycles. The highest BCUT2D eigenvalue weighted by Crippen LogP contribution is 2.56. The van der Waals surface area contributed by atoms with Gasteiger partial charge in [-0.2, -0.15) is 0 Å². The molecule has 0 aliphatic carbocycles. The summed E-state index contributed by atoms with van der Waals surface area (Å²) in [5.41, 5.74) is 0. The lowest BCUT2D eigenvalue weighted by molar-refractivity contribution is 0.413. The second-order valence-corrected chi connectivity index (χ2v) is 7.88. The Hall–Kier alpha value is -2.62. The summed E-state index contributed by atoms with van der Waals surface area (Å²) in [4.78, 5) is 0. The van der Waals surface area contributed by atoms with Gasteiger partial charge in [0.15, 0.2) is 0 Å². The van der Waals surface area contributed by atoms with E-state index in [0.717, 1.165) is 71.1 Å². The second-order valence-electron chi connectivity index (χ2n) is 7.07. The summed E-state index contributed by atoms with van der Waals surface area (Å²) in [6, 6.07) is 9.97. The van der Waals surface area contributed by atoms with E-state index in [1.807, 2.05) is 30.3 Å². The smallest absolute Gasteiger partial charge is 0.127 e. The molecule has 0 unspecified atom stereocenters. The Bertz CT molecular complexity index is 1520. The number of hydrogen-bond donors (Lipinski definition) is 0. The molecule has 0 fully saturated rings. The van der Waals surface area contributed by atoms with Gasteiger partial charge < -0.3 is 14.2 Å². The number of rotatable bonds is 3. The van der Waals surface area contributed by atoms with Gasteiger partial charge in [0.25, 0.3) is 0 Å². The zero-order valence-electron chi connectivity index (χ0n) is 15.4. The van der Waals surface area contributed by atoms with E-state index in [4.69, 9.17) is 37.4 Å². The molecular weight excluding hydrogens is 395 g/mol. The highest BCUT2D eigenvalue weighted by Gasteiger charge is 2.27. The molecule has 6 aromatic rings. The summed E-state index contributed by atoms with van der Waals surface area (Å²) in [5.74, 6) is 2.32. The van der Waals surface area contributed by atoms with Gasteiger partial charge in [-0.05, 0) is 30.3 Å². The first-order valence-corrected chi connectivity index (χ1v) is 9.61. The first-order valence-electron chi connectivity index (χ1n) is 8.85. The average Bonchev–Trinajstić information content (AvgIpc) is 3.07. The third-order valence-electron chi connectivity index (χ3n) is 5.94. The Morgan fingerprint density at radius 3 is 1.18 bits per heavy atom. The number of benzene rings is 5. The molecule has 0 atom stereocenters. The maximum absolute atomic E-state index is 6.69. The van der Waals surface area contributed by atoms with Crippen molar-refractivity contribution in [3.63, 3.8) is 0 Å². The van der Waals surface area contributed by atoms with Crippen LogP contribution in [0.4, 0.5) is 0 Å². The van der Waals surface area contributed by atoms with Crippen LogP contribution in [-0.2, 0) is 0 Å². The van der Waals surface area contributed by atoms with Crippen LogP contribution in [0, 0.1) is 0 Å². The van der Waals surface area contributed by atoms with Gasteiger partial charge in [-0.25, -0.2) is 0 Å². The first-order chi connectivity index (χ1) is 13.6. The number of methoxy groups -OCH3 is 3. The molecule has 0 bridgehead atoms. The van der Waals surface area contributed by atoms with Crippen molar-refractivity contribution in [1.29, 1.82) is 0 Å². The summed E-state index contributed by atoms with van der Waals surface area (Å²) in [7, 11) is 5.03. The minimum atomic E-state index is 0.660. The fourth-order valence-electron chi connectivity index (χ4n) is 4.83. The highest BCUT2D eigenvalue weighted by atomic mass is 35.5. The molecular formula is C23H14Cl2O3. The van der Waals surface area contributed by atoms with Gasteiger partial charge >= 0.3 is 0 Å². The van der Waals surface area contributed by atoms with Crippen LogP contribution in [0.15, 0.2) is 30.3 Å². The topological polar surface area (TPSA) is 27.7 Å². The minimum Gasteiger partial charge on any atom is -0.496 e. The SMILES string of the molecule is COc1cc2c(OC)cc3c(OC)cc4c(Cl)cc5c(Cl)cc1c1c5c4c3c21. The normalized spacial score (nSPS) is 12.5. The van der Waals surface area contributed by atoms with Gasteiger partial charge in [-0.1, -0.05) is 23.2 Å². The monoisotopic (exact) mass is 408 g/mol. The number of ether oxygens (including phenoxy) is 3. The van der Waals surface area contributed by atoms with Gasteiger partial charge in [-0.15, -0.1) is 0 Å². The van der Waals surface area contributed by atoms with Crippen molar-refractivity contribution in [3.05, 3.63) is 40.4 Å². The van der Waals surface area contributed by atoms with Crippen LogP contribution >= 0.6 is 23.2 Å². The summed E-state index contributed by atoms with van der Waals surface area (Å²) in [6.07, 6.45) is 0. The summed E-state index contributed by atoms with van der Waals surface area (Å²) < 4.78 is 17.2. The van der Waals surface area contributed by atoms with Crippen molar-refractivity contribution >= 4 is 77.1 Å². The second kappa shape index (κ2) is 5.25. The minimum absolute atomic E-state index is 0.660. The standard InChI is InChI=1S/C23H14Cl2O3/c1-26-16-6-10-14(24)4-9-15(25)5-11-17(27-2)7-13-18(28-3)8-12(16)22-20(10)19(9)21(11)23(13)22/h4-8H,1-3H3. The highest BCUT2D eigenvalue weighted by molar-refractivity contribution is 6.52. The zero-order chi connectivity index (χ0) is 19.3. The van der Waals surface area contributed by atoms with Crippen LogP contribution in [0.3, 0.4) is 0 Å². The lowest BCUT2D eigenvalue weighted by Crippen LogP contribution is -1.91. The van der Waals surface area contributed by atoms with Crippen molar-refractivity contribution in [1.82, 2.24) is 0 Å². The third-order valence-corrected chi connectivity index (χ3v) is 6.56. The zero-order valence-corrected chi connectivity index (χ0v) is 16.9. The molecule has 0 aliphatic rings. The maximum Gasteiger partial charge on any atom is 0.127 e. The van der Waals surface area contributed by atoms with E-state index in [0.29, 0.717) is 10.0 Å². The van der Waals surface area contributed by atoms with Gasteiger partial charge in [-0.3, -0.25) is 0 Å². The van der Waals surface area contributed by atoms with Crippen molar-refractivity contribution < 1.29 is 14.2 Å². The number of halogens is 2. The van der Waals surface area contributed by atoms with E-state index in [-0.39, 0.29) is 0 Å². The molecule has 3 nitrogen and oxygen atoms in total. The third kappa shape index (κ3) is 1.68. The quantitative estimate of drug-likeness (QED) is 0.292. The fourth-order valence-corrected chi connectivity index (χ4v) is 5.35. The molecule has 0 heterocycles. The Balaban J connectivity index is 2.11. The molecule has 0 aromatic heterocycles. The average molecular weight is 409 g/mol. The molecule has 0 aliphatic heterocycles. The van der Waals surface area contributed by atoms with Gasteiger partial charge in [0, 0.05) is 63.9 Å². The Labute approximate surface area is 170 Å². The summed E-state index contributed by atoms with van der Waals surface area (Å²) in [5, 5.41) is 11.8. The van der Waals surface area contributed by atoms with Crippen LogP contribution in [0.25, 0.3) is 53.9 Å². The van der Waals surface area contributed by atoms with Crippen molar-refractivity contribution in [2.45, 2.75) is 0 Å². The van der Waals surface area contributed by atoms with E-state index >= 15 is 0 Å². The lowest BCUT2D eigenvalue weighted by Gasteiger charge is -2.14. The van der Waals surface area contributed by atoms with Crippen molar-refractivity contribution in [2.75, 3.05) is 21.3 Å². The largest absolute Gasteiger partial charge is 0.496 e. The summed E-state index contributed by atoms with van der Waals surface area (Å²) >= 11 is 13.4. The molecule has 0 radical (unpaired) electrons. The molecule has 0 amide bonds. The van der Waals surface area contributed by atoms with Gasteiger partial charge in [0.05, 0.1) is 21.3 Å². The van der Waals surface area contributed by atoms with Gasteiger partial charge in [0.2, 0.25) is 0 Å². The van der Waals surface area contributed by atoms with Crippen LogP contribution in [-0.4, -0.2) is 21.3 Å². The lowest BCUT2D eigenvalue weighted by atomic mass is 9.97. The van der Waals surface area contributed by atoms with Crippen LogP contribution < -0.4 is 14.2 Å². The Kier molecular flexibility index (Phi) is 3.07. The van der Waals surface area contributed by atoms with E-state index in [1.54, 1.807) is 21.3 Å². The molecule has 138 valence electrons. The predicted molar refractivity (Wildman–Crippen MR) is 117 cm³/mol. The summed E-state index contributed by atoms with van der Waals surface area (Å²) in [6.45, 7) is 0. The maximum atomic E-state index is 6.69. The van der Waals surface area contributed by atoms with Crippen LogP contribution in [0.1, 0.15) is 0 Å². The van der Waals surface area contributed by atoms with E-state index in [1.165, 1.54) is 0 Å². The van der Waals surface area contributed by atoms with Crippen molar-refractivity contribution in [2.24, 2.45) is 0 Å². The molecule has 28 heavy (non-hydrogen) atoms. The van der Waals surface area contributed by atoms with Crippen LogP contribution in [0.2, 0.25) is 10.0 Å². The van der Waals surface area contributed by atoms with E-state index in [2.05, 4.69) is 0 Å². The van der Waals surface area contributed by atoms with Gasteiger partial charge in [0.1, 0.15) is 17.2 Å².